The molecule has 1 aromatic heterocycles. The van der Waals surface area contributed by atoms with Gasteiger partial charge in [-0.3, -0.25) is 0 Å². The maximum Gasteiger partial charge on any atom is 0.123 e. The first kappa shape index (κ1) is 13.5. The average Bonchev–Trinajstić information content (AvgIpc) is 2.98. The van der Waals surface area contributed by atoms with Gasteiger partial charge in [-0.05, 0) is 48.9 Å². The van der Waals surface area contributed by atoms with Crippen LogP contribution in [0.1, 0.15) is 18.6 Å². The van der Waals surface area contributed by atoms with Crippen molar-refractivity contribution >= 4 is 0 Å². The lowest BCUT2D eigenvalue weighted by Crippen LogP contribution is -1.96. The maximum atomic E-state index is 12.9. The molecule has 0 saturated carbocycles. The third-order valence-electron chi connectivity index (χ3n) is 3.27. The number of benzene rings is 2. The van der Waals surface area contributed by atoms with E-state index in [9.17, 15) is 9.50 Å². The zero-order chi connectivity index (χ0) is 14.8. The monoisotopic (exact) mass is 283 g/mol. The van der Waals surface area contributed by atoms with Crippen molar-refractivity contribution in [3.63, 3.8) is 0 Å². The van der Waals surface area contributed by atoms with Crippen molar-refractivity contribution in [3.8, 4) is 16.9 Å². The first-order chi connectivity index (χ1) is 10.1. The zero-order valence-corrected chi connectivity index (χ0v) is 11.4. The lowest BCUT2D eigenvalue weighted by molar-refractivity contribution is 0.199. The molecule has 0 radical (unpaired) electrons. The molecule has 106 valence electrons. The lowest BCUT2D eigenvalue weighted by Gasteiger charge is -2.05. The van der Waals surface area contributed by atoms with Crippen molar-refractivity contribution in [3.05, 3.63) is 66.1 Å². The molecule has 0 aliphatic carbocycles. The van der Waals surface area contributed by atoms with E-state index in [1.165, 1.54) is 12.1 Å². The predicted octanol–water partition coefficient (Wildman–Crippen LogP) is 3.13. The maximum absolute atomic E-state index is 12.9. The van der Waals surface area contributed by atoms with Crippen LogP contribution in [-0.4, -0.2) is 20.1 Å². The van der Waals surface area contributed by atoms with E-state index in [1.807, 2.05) is 24.3 Å². The largest absolute Gasteiger partial charge is 0.389 e. The van der Waals surface area contributed by atoms with Gasteiger partial charge in [0.25, 0.3) is 0 Å². The van der Waals surface area contributed by atoms with Crippen LogP contribution in [0.25, 0.3) is 16.9 Å². The first-order valence-corrected chi connectivity index (χ1v) is 6.60. The summed E-state index contributed by atoms with van der Waals surface area (Å²) in [6, 6.07) is 13.5. The fraction of sp³-hybridized carbons (Fsp3) is 0.125. The minimum Gasteiger partial charge on any atom is -0.389 e. The van der Waals surface area contributed by atoms with Crippen LogP contribution < -0.4 is 0 Å². The molecule has 1 atom stereocenters. The Balaban J connectivity index is 1.89. The number of aromatic nitrogens is 3. The highest BCUT2D eigenvalue weighted by atomic mass is 19.1. The highest BCUT2D eigenvalue weighted by Gasteiger charge is 2.06. The smallest absolute Gasteiger partial charge is 0.123 e. The van der Waals surface area contributed by atoms with Gasteiger partial charge in [-0.1, -0.05) is 17.3 Å². The third kappa shape index (κ3) is 2.83. The van der Waals surface area contributed by atoms with Gasteiger partial charge < -0.3 is 5.11 Å². The summed E-state index contributed by atoms with van der Waals surface area (Å²) in [5.74, 6) is -0.278. The number of rotatable bonds is 3. The first-order valence-electron chi connectivity index (χ1n) is 6.60. The van der Waals surface area contributed by atoms with Gasteiger partial charge in [-0.2, -0.15) is 0 Å². The van der Waals surface area contributed by atoms with Crippen LogP contribution in [0.4, 0.5) is 4.39 Å². The number of aliphatic hydroxyl groups excluding tert-OH is 1. The van der Waals surface area contributed by atoms with E-state index in [2.05, 4.69) is 10.3 Å². The van der Waals surface area contributed by atoms with Gasteiger partial charge in [0.05, 0.1) is 18.0 Å². The summed E-state index contributed by atoms with van der Waals surface area (Å²) in [5, 5.41) is 17.7. The highest BCUT2D eigenvalue weighted by molar-refractivity contribution is 5.58. The normalized spacial score (nSPS) is 12.3. The van der Waals surface area contributed by atoms with Crippen molar-refractivity contribution in [2.45, 2.75) is 13.0 Å². The Kier molecular flexibility index (Phi) is 3.50. The second-order valence-corrected chi connectivity index (χ2v) is 4.82. The summed E-state index contributed by atoms with van der Waals surface area (Å²) in [5.41, 5.74) is 3.18. The molecule has 4 nitrogen and oxygen atoms in total. The fourth-order valence-corrected chi connectivity index (χ4v) is 2.05. The molecule has 0 aliphatic heterocycles. The van der Waals surface area contributed by atoms with Gasteiger partial charge in [0, 0.05) is 5.56 Å². The Bertz CT molecular complexity index is 733. The molecule has 5 heteroatoms. The number of hydrogen-bond donors (Lipinski definition) is 1. The van der Waals surface area contributed by atoms with Gasteiger partial charge in [0.2, 0.25) is 0 Å². The van der Waals surface area contributed by atoms with E-state index in [4.69, 9.17) is 0 Å². The summed E-state index contributed by atoms with van der Waals surface area (Å²) >= 11 is 0. The molecule has 0 amide bonds. The molecule has 0 aliphatic rings. The van der Waals surface area contributed by atoms with Crippen LogP contribution in [0.15, 0.2) is 54.7 Å². The van der Waals surface area contributed by atoms with Crippen molar-refractivity contribution in [2.24, 2.45) is 0 Å². The van der Waals surface area contributed by atoms with Crippen LogP contribution in [0.5, 0.6) is 0 Å². The molecule has 0 saturated heterocycles. The Morgan fingerprint density at radius 3 is 2.33 bits per heavy atom. The van der Waals surface area contributed by atoms with Gasteiger partial charge in [-0.15, -0.1) is 5.10 Å². The van der Waals surface area contributed by atoms with Crippen LogP contribution in [-0.2, 0) is 0 Å². The van der Waals surface area contributed by atoms with Crippen molar-refractivity contribution < 1.29 is 9.50 Å². The van der Waals surface area contributed by atoms with Gasteiger partial charge >= 0.3 is 0 Å². The second kappa shape index (κ2) is 5.46. The Morgan fingerprint density at radius 2 is 1.71 bits per heavy atom. The fourth-order valence-electron chi connectivity index (χ4n) is 2.05. The molecule has 1 N–H and O–H groups in total. The number of nitrogens with zero attached hydrogens (tertiary/aromatic N) is 3. The summed E-state index contributed by atoms with van der Waals surface area (Å²) in [4.78, 5) is 0. The quantitative estimate of drug-likeness (QED) is 0.803. The number of aliphatic hydroxyl groups is 1. The van der Waals surface area contributed by atoms with E-state index in [-0.39, 0.29) is 5.82 Å². The number of hydrogen-bond acceptors (Lipinski definition) is 3. The topological polar surface area (TPSA) is 50.9 Å². The molecule has 3 aromatic rings. The van der Waals surface area contributed by atoms with E-state index in [0.29, 0.717) is 5.69 Å². The minimum atomic E-state index is -0.496. The molecule has 3 rings (SSSR count). The highest BCUT2D eigenvalue weighted by Crippen LogP contribution is 2.19. The Morgan fingerprint density at radius 1 is 1.05 bits per heavy atom. The molecule has 1 heterocycles. The summed E-state index contributed by atoms with van der Waals surface area (Å²) < 4.78 is 14.6. The number of halogens is 1. The summed E-state index contributed by atoms with van der Waals surface area (Å²) in [7, 11) is 0. The van der Waals surface area contributed by atoms with Crippen LogP contribution in [0.3, 0.4) is 0 Å². The van der Waals surface area contributed by atoms with E-state index >= 15 is 0 Å². The second-order valence-electron chi connectivity index (χ2n) is 4.82. The standard InChI is InChI=1S/C16H14FN3O/c1-11(21)12-4-8-15(9-5-12)20-10-16(18-19-20)13-2-6-14(17)7-3-13/h2-11,21H,1H3. The molecule has 0 spiro atoms. The van der Waals surface area contributed by atoms with Gasteiger partial charge in [0.15, 0.2) is 0 Å². The van der Waals surface area contributed by atoms with Gasteiger partial charge in [0.1, 0.15) is 11.5 Å². The van der Waals surface area contributed by atoms with Gasteiger partial charge in [-0.25, -0.2) is 9.07 Å². The van der Waals surface area contributed by atoms with Crippen LogP contribution in [0, 0.1) is 5.82 Å². The molecule has 0 bridgehead atoms. The van der Waals surface area contributed by atoms with Crippen molar-refractivity contribution in [1.82, 2.24) is 15.0 Å². The van der Waals surface area contributed by atoms with Crippen LogP contribution in [0.2, 0.25) is 0 Å². The zero-order valence-electron chi connectivity index (χ0n) is 11.4. The third-order valence-corrected chi connectivity index (χ3v) is 3.27. The molecular formula is C16H14FN3O. The molecule has 1 unspecified atom stereocenters. The lowest BCUT2D eigenvalue weighted by atomic mass is 10.1. The minimum absolute atomic E-state index is 0.278. The molecular weight excluding hydrogens is 269 g/mol. The van der Waals surface area contributed by atoms with Crippen molar-refractivity contribution in [1.29, 1.82) is 0 Å². The Labute approximate surface area is 121 Å². The SMILES string of the molecule is CC(O)c1ccc(-n2cc(-c3ccc(F)cc3)nn2)cc1. The molecule has 0 fully saturated rings. The predicted molar refractivity (Wildman–Crippen MR) is 77.4 cm³/mol. The summed E-state index contributed by atoms with van der Waals surface area (Å²) in [6.45, 7) is 1.72. The molecule has 21 heavy (non-hydrogen) atoms. The van der Waals surface area contributed by atoms with Crippen molar-refractivity contribution in [2.75, 3.05) is 0 Å². The Hall–Kier alpha value is -2.53. The average molecular weight is 283 g/mol. The molecule has 2 aromatic carbocycles. The van der Waals surface area contributed by atoms with E-state index in [0.717, 1.165) is 16.8 Å². The van der Waals surface area contributed by atoms with E-state index in [1.54, 1.807) is 29.9 Å². The van der Waals surface area contributed by atoms with E-state index < -0.39 is 6.10 Å². The summed E-state index contributed by atoms with van der Waals surface area (Å²) in [6.07, 6.45) is 1.29. The van der Waals surface area contributed by atoms with Crippen LogP contribution >= 0.6 is 0 Å².